The van der Waals surface area contributed by atoms with Gasteiger partial charge in [-0.25, -0.2) is 0 Å². The van der Waals surface area contributed by atoms with Crippen molar-refractivity contribution in [2.24, 2.45) is 0 Å². The first-order valence-corrected chi connectivity index (χ1v) is 7.72. The maximum atomic E-state index is 12.2. The lowest BCUT2D eigenvalue weighted by atomic mass is 10.1. The normalized spacial score (nSPS) is 10.9. The SMILES string of the molecule is O=C(CNC(=O)c1ccccc1COc1ccccc1)NCC(F)(F)F. The monoisotopic (exact) mass is 366 g/mol. The highest BCUT2D eigenvalue weighted by atomic mass is 19.4. The number of benzene rings is 2. The lowest BCUT2D eigenvalue weighted by Gasteiger charge is -2.12. The summed E-state index contributed by atoms with van der Waals surface area (Å²) in [6.07, 6.45) is -4.50. The van der Waals surface area contributed by atoms with E-state index in [0.717, 1.165) is 0 Å². The molecule has 0 aliphatic carbocycles. The molecule has 0 aromatic heterocycles. The number of ether oxygens (including phenoxy) is 1. The fourth-order valence-corrected chi connectivity index (χ4v) is 2.06. The molecule has 2 amide bonds. The van der Waals surface area contributed by atoms with E-state index in [2.05, 4.69) is 5.32 Å². The summed E-state index contributed by atoms with van der Waals surface area (Å²) in [6.45, 7) is -1.86. The number of nitrogens with one attached hydrogen (secondary N) is 2. The number of alkyl halides is 3. The molecule has 0 bridgehead atoms. The quantitative estimate of drug-likeness (QED) is 0.792. The molecule has 0 unspecified atom stereocenters. The van der Waals surface area contributed by atoms with Crippen molar-refractivity contribution in [3.8, 4) is 5.75 Å². The van der Waals surface area contributed by atoms with Crippen LogP contribution in [-0.2, 0) is 11.4 Å². The Morgan fingerprint density at radius 2 is 1.58 bits per heavy atom. The fraction of sp³-hybridized carbons (Fsp3) is 0.222. The van der Waals surface area contributed by atoms with Crippen LogP contribution in [0.2, 0.25) is 0 Å². The molecule has 138 valence electrons. The first-order valence-electron chi connectivity index (χ1n) is 7.72. The van der Waals surface area contributed by atoms with Gasteiger partial charge < -0.3 is 15.4 Å². The van der Waals surface area contributed by atoms with E-state index in [9.17, 15) is 22.8 Å². The Labute approximate surface area is 148 Å². The van der Waals surface area contributed by atoms with Gasteiger partial charge in [-0.05, 0) is 18.2 Å². The van der Waals surface area contributed by atoms with Crippen molar-refractivity contribution < 1.29 is 27.5 Å². The van der Waals surface area contributed by atoms with Crippen molar-refractivity contribution in [1.29, 1.82) is 0 Å². The van der Waals surface area contributed by atoms with Gasteiger partial charge in [-0.15, -0.1) is 0 Å². The Bertz CT molecular complexity index is 749. The Hall–Kier alpha value is -3.03. The molecule has 0 aliphatic rings. The number of carbonyl (C=O) groups excluding carboxylic acids is 2. The van der Waals surface area contributed by atoms with Crippen LogP contribution in [0.1, 0.15) is 15.9 Å². The second kappa shape index (κ2) is 8.89. The molecular weight excluding hydrogens is 349 g/mol. The van der Waals surface area contributed by atoms with Crippen molar-refractivity contribution in [3.05, 3.63) is 65.7 Å². The molecule has 0 heterocycles. The lowest BCUT2D eigenvalue weighted by molar-refractivity contribution is -0.137. The summed E-state index contributed by atoms with van der Waals surface area (Å²) in [4.78, 5) is 23.6. The van der Waals surface area contributed by atoms with E-state index in [-0.39, 0.29) is 12.2 Å². The van der Waals surface area contributed by atoms with Crippen molar-refractivity contribution in [2.45, 2.75) is 12.8 Å². The molecule has 0 atom stereocenters. The summed E-state index contributed by atoms with van der Waals surface area (Å²) in [5.41, 5.74) is 0.872. The third-order valence-electron chi connectivity index (χ3n) is 3.30. The second-order valence-electron chi connectivity index (χ2n) is 5.33. The largest absolute Gasteiger partial charge is 0.489 e. The molecule has 0 radical (unpaired) electrons. The minimum Gasteiger partial charge on any atom is -0.489 e. The minimum atomic E-state index is -4.50. The van der Waals surface area contributed by atoms with Crippen molar-refractivity contribution in [1.82, 2.24) is 10.6 Å². The Morgan fingerprint density at radius 3 is 2.27 bits per heavy atom. The average Bonchev–Trinajstić information content (AvgIpc) is 2.63. The lowest BCUT2D eigenvalue weighted by Crippen LogP contribution is -2.41. The van der Waals surface area contributed by atoms with Crippen LogP contribution in [0.15, 0.2) is 54.6 Å². The van der Waals surface area contributed by atoms with Gasteiger partial charge in [0.25, 0.3) is 5.91 Å². The predicted molar refractivity (Wildman–Crippen MR) is 88.6 cm³/mol. The summed E-state index contributed by atoms with van der Waals surface area (Å²) in [5, 5.41) is 3.99. The van der Waals surface area contributed by atoms with E-state index in [1.807, 2.05) is 18.2 Å². The number of hydrogen-bond donors (Lipinski definition) is 2. The van der Waals surface area contributed by atoms with Crippen molar-refractivity contribution >= 4 is 11.8 Å². The molecular formula is C18H17F3N2O3. The highest BCUT2D eigenvalue weighted by Crippen LogP contribution is 2.15. The highest BCUT2D eigenvalue weighted by molar-refractivity contribution is 5.97. The third-order valence-corrected chi connectivity index (χ3v) is 3.30. The second-order valence-corrected chi connectivity index (χ2v) is 5.33. The van der Waals surface area contributed by atoms with Gasteiger partial charge in [0.2, 0.25) is 5.91 Å². The van der Waals surface area contributed by atoms with E-state index in [1.165, 1.54) is 0 Å². The average molecular weight is 366 g/mol. The molecule has 0 saturated carbocycles. The van der Waals surface area contributed by atoms with Crippen LogP contribution < -0.4 is 15.4 Å². The summed E-state index contributed by atoms with van der Waals surface area (Å²) in [6, 6.07) is 15.6. The Kier molecular flexibility index (Phi) is 6.60. The highest BCUT2D eigenvalue weighted by Gasteiger charge is 2.27. The van der Waals surface area contributed by atoms with Gasteiger partial charge in [0, 0.05) is 11.1 Å². The number of hydrogen-bond acceptors (Lipinski definition) is 3. The zero-order chi connectivity index (χ0) is 19.0. The molecule has 2 rings (SSSR count). The summed E-state index contributed by atoms with van der Waals surface area (Å²) in [5.74, 6) is -0.859. The molecule has 2 aromatic rings. The Balaban J connectivity index is 1.91. The van der Waals surface area contributed by atoms with Crippen LogP contribution in [-0.4, -0.2) is 31.1 Å². The smallest absolute Gasteiger partial charge is 0.405 e. The summed E-state index contributed by atoms with van der Waals surface area (Å²) >= 11 is 0. The molecule has 0 fully saturated rings. The van der Waals surface area contributed by atoms with Gasteiger partial charge in [0.15, 0.2) is 0 Å². The van der Waals surface area contributed by atoms with Crippen LogP contribution in [0.25, 0.3) is 0 Å². The molecule has 0 aliphatic heterocycles. The molecule has 8 heteroatoms. The number of rotatable bonds is 7. The molecule has 5 nitrogen and oxygen atoms in total. The summed E-state index contributed by atoms with van der Waals surface area (Å²) < 4.78 is 41.7. The number of amides is 2. The maximum Gasteiger partial charge on any atom is 0.405 e. The first kappa shape index (κ1) is 19.3. The van der Waals surface area contributed by atoms with Crippen molar-refractivity contribution in [2.75, 3.05) is 13.1 Å². The van der Waals surface area contributed by atoms with Gasteiger partial charge in [-0.3, -0.25) is 9.59 Å². The molecule has 0 saturated heterocycles. The predicted octanol–water partition coefficient (Wildman–Crippen LogP) is 2.67. The number of para-hydroxylation sites is 1. The van der Waals surface area contributed by atoms with Gasteiger partial charge in [0.05, 0.1) is 6.54 Å². The van der Waals surface area contributed by atoms with Gasteiger partial charge >= 0.3 is 6.18 Å². The first-order chi connectivity index (χ1) is 12.3. The molecule has 26 heavy (non-hydrogen) atoms. The fourth-order valence-electron chi connectivity index (χ4n) is 2.06. The van der Waals surface area contributed by atoms with Crippen molar-refractivity contribution in [3.63, 3.8) is 0 Å². The number of halogens is 3. The third kappa shape index (κ3) is 6.46. The van der Waals surface area contributed by atoms with Gasteiger partial charge in [-0.1, -0.05) is 36.4 Å². The van der Waals surface area contributed by atoms with Gasteiger partial charge in [0.1, 0.15) is 18.9 Å². The van der Waals surface area contributed by atoms with Crippen LogP contribution in [0.3, 0.4) is 0 Å². The van der Waals surface area contributed by atoms with Crippen LogP contribution >= 0.6 is 0 Å². The van der Waals surface area contributed by atoms with E-state index in [1.54, 1.807) is 41.7 Å². The maximum absolute atomic E-state index is 12.2. The standard InChI is InChI=1S/C18H17F3N2O3/c19-18(20,21)12-23-16(24)10-22-17(25)15-9-5-4-6-13(15)11-26-14-7-2-1-3-8-14/h1-9H,10-12H2,(H,22,25)(H,23,24). The van der Waals surface area contributed by atoms with E-state index >= 15 is 0 Å². The van der Waals surface area contributed by atoms with Crippen LogP contribution in [0, 0.1) is 0 Å². The van der Waals surface area contributed by atoms with Crippen LogP contribution in [0.4, 0.5) is 13.2 Å². The van der Waals surface area contributed by atoms with Gasteiger partial charge in [-0.2, -0.15) is 13.2 Å². The summed E-state index contributed by atoms with van der Waals surface area (Å²) in [7, 11) is 0. The molecule has 2 aromatic carbocycles. The molecule has 0 spiro atoms. The van der Waals surface area contributed by atoms with E-state index < -0.39 is 31.1 Å². The Morgan fingerprint density at radius 1 is 0.923 bits per heavy atom. The minimum absolute atomic E-state index is 0.133. The van der Waals surface area contributed by atoms with E-state index in [4.69, 9.17) is 4.74 Å². The number of carbonyl (C=O) groups is 2. The molecule has 2 N–H and O–H groups in total. The van der Waals surface area contributed by atoms with Crippen LogP contribution in [0.5, 0.6) is 5.75 Å². The zero-order valence-electron chi connectivity index (χ0n) is 13.7. The van der Waals surface area contributed by atoms with E-state index in [0.29, 0.717) is 11.3 Å². The topological polar surface area (TPSA) is 67.4 Å². The zero-order valence-corrected chi connectivity index (χ0v) is 13.7.